The minimum Gasteiger partial charge on any atom is -0.469 e. The Morgan fingerprint density at radius 2 is 1.65 bits per heavy atom. The number of carbonyl (C=O) groups is 1. The summed E-state index contributed by atoms with van der Waals surface area (Å²) in [6.07, 6.45) is 5.48. The molecular weight excluding hydrogens is 220 g/mol. The number of rotatable bonds is 10. The van der Waals surface area contributed by atoms with Gasteiger partial charge in [-0.2, -0.15) is 0 Å². The number of hydrogen-bond acceptors (Lipinski definition) is 4. The predicted octanol–water partition coefficient (Wildman–Crippen LogP) is 2.02. The second-order valence-electron chi connectivity index (χ2n) is 4.43. The van der Waals surface area contributed by atoms with Crippen molar-refractivity contribution in [3.05, 3.63) is 0 Å². The van der Waals surface area contributed by atoms with Crippen molar-refractivity contribution < 1.29 is 19.7 Å². The highest BCUT2D eigenvalue weighted by Crippen LogP contribution is 2.11. The Bertz CT molecular complexity index is 194. The fraction of sp³-hybridized carbons (Fsp3) is 0.923. The van der Waals surface area contributed by atoms with E-state index in [4.69, 9.17) is 0 Å². The monoisotopic (exact) mass is 246 g/mol. The van der Waals surface area contributed by atoms with E-state index in [0.29, 0.717) is 19.3 Å². The first-order valence-electron chi connectivity index (χ1n) is 6.54. The van der Waals surface area contributed by atoms with Crippen LogP contribution in [0, 0.1) is 0 Å². The number of unbranched alkanes of at least 4 members (excludes halogenated alkanes) is 4. The van der Waals surface area contributed by atoms with Crippen LogP contribution in [-0.4, -0.2) is 35.5 Å². The average molecular weight is 246 g/mol. The minimum atomic E-state index is -0.589. The van der Waals surface area contributed by atoms with Gasteiger partial charge in [-0.3, -0.25) is 4.79 Å². The van der Waals surface area contributed by atoms with E-state index in [9.17, 15) is 15.0 Å². The number of methoxy groups -OCH3 is 1. The molecule has 0 bridgehead atoms. The van der Waals surface area contributed by atoms with E-state index >= 15 is 0 Å². The molecule has 0 radical (unpaired) electrons. The Hall–Kier alpha value is -0.610. The number of aliphatic hydroxyl groups excluding tert-OH is 2. The Labute approximate surface area is 104 Å². The topological polar surface area (TPSA) is 66.8 Å². The molecule has 102 valence electrons. The van der Waals surface area contributed by atoms with Crippen LogP contribution in [-0.2, 0) is 9.53 Å². The lowest BCUT2D eigenvalue weighted by atomic mass is 10.0. The molecule has 17 heavy (non-hydrogen) atoms. The van der Waals surface area contributed by atoms with Gasteiger partial charge in [0.1, 0.15) is 0 Å². The van der Waals surface area contributed by atoms with E-state index in [-0.39, 0.29) is 5.97 Å². The number of ether oxygens (including phenoxy) is 1. The summed E-state index contributed by atoms with van der Waals surface area (Å²) in [5, 5.41) is 18.9. The van der Waals surface area contributed by atoms with Crippen LogP contribution in [0.4, 0.5) is 0 Å². The van der Waals surface area contributed by atoms with Gasteiger partial charge in [-0.25, -0.2) is 0 Å². The molecule has 0 rings (SSSR count). The van der Waals surface area contributed by atoms with E-state index in [0.717, 1.165) is 32.1 Å². The van der Waals surface area contributed by atoms with Crippen molar-refractivity contribution in [3.8, 4) is 0 Å². The first kappa shape index (κ1) is 16.4. The smallest absolute Gasteiger partial charge is 0.305 e. The highest BCUT2D eigenvalue weighted by Gasteiger charge is 2.12. The summed E-state index contributed by atoms with van der Waals surface area (Å²) in [7, 11) is 1.41. The largest absolute Gasteiger partial charge is 0.469 e. The van der Waals surface area contributed by atoms with Crippen LogP contribution in [0.5, 0.6) is 0 Å². The second-order valence-corrected chi connectivity index (χ2v) is 4.43. The summed E-state index contributed by atoms with van der Waals surface area (Å²) < 4.78 is 4.55. The van der Waals surface area contributed by atoms with Crippen molar-refractivity contribution in [1.29, 1.82) is 0 Å². The SMILES string of the molecule is CCC(O)C(O)CCCCCCCC(=O)OC. The van der Waals surface area contributed by atoms with Gasteiger partial charge >= 0.3 is 5.97 Å². The van der Waals surface area contributed by atoms with Crippen molar-refractivity contribution in [3.63, 3.8) is 0 Å². The molecule has 0 aliphatic heterocycles. The Morgan fingerprint density at radius 1 is 1.06 bits per heavy atom. The molecular formula is C13H26O4. The van der Waals surface area contributed by atoms with Crippen molar-refractivity contribution in [2.45, 2.75) is 70.5 Å². The van der Waals surface area contributed by atoms with Crippen LogP contribution in [0.2, 0.25) is 0 Å². The molecule has 0 aromatic heterocycles. The second kappa shape index (κ2) is 10.5. The Morgan fingerprint density at radius 3 is 2.24 bits per heavy atom. The molecule has 0 spiro atoms. The molecule has 2 atom stereocenters. The molecule has 2 N–H and O–H groups in total. The lowest BCUT2D eigenvalue weighted by molar-refractivity contribution is -0.140. The fourth-order valence-electron chi connectivity index (χ4n) is 1.72. The molecule has 0 amide bonds. The Balaban J connectivity index is 3.26. The first-order chi connectivity index (χ1) is 8.11. The Kier molecular flexibility index (Phi) is 10.2. The summed E-state index contributed by atoms with van der Waals surface area (Å²) in [6.45, 7) is 1.86. The zero-order chi connectivity index (χ0) is 13.1. The summed E-state index contributed by atoms with van der Waals surface area (Å²) in [6, 6.07) is 0. The van der Waals surface area contributed by atoms with Crippen LogP contribution in [0.25, 0.3) is 0 Å². The van der Waals surface area contributed by atoms with Gasteiger partial charge in [-0.05, 0) is 19.3 Å². The average Bonchev–Trinajstić information content (AvgIpc) is 2.35. The molecule has 4 heteroatoms. The fourth-order valence-corrected chi connectivity index (χ4v) is 1.72. The number of aliphatic hydroxyl groups is 2. The van der Waals surface area contributed by atoms with E-state index in [1.54, 1.807) is 0 Å². The van der Waals surface area contributed by atoms with Crippen LogP contribution >= 0.6 is 0 Å². The number of carbonyl (C=O) groups excluding carboxylic acids is 1. The molecule has 0 fully saturated rings. The van der Waals surface area contributed by atoms with Gasteiger partial charge in [0.15, 0.2) is 0 Å². The van der Waals surface area contributed by atoms with Gasteiger partial charge in [-0.15, -0.1) is 0 Å². The van der Waals surface area contributed by atoms with E-state index in [1.165, 1.54) is 7.11 Å². The predicted molar refractivity (Wildman–Crippen MR) is 66.6 cm³/mol. The minimum absolute atomic E-state index is 0.147. The number of hydrogen-bond donors (Lipinski definition) is 2. The molecule has 0 heterocycles. The lowest BCUT2D eigenvalue weighted by Crippen LogP contribution is -2.24. The molecule has 0 aromatic rings. The third-order valence-electron chi connectivity index (χ3n) is 2.97. The van der Waals surface area contributed by atoms with Crippen LogP contribution in [0.1, 0.15) is 58.3 Å². The van der Waals surface area contributed by atoms with Crippen LogP contribution < -0.4 is 0 Å². The van der Waals surface area contributed by atoms with Gasteiger partial charge in [0.25, 0.3) is 0 Å². The van der Waals surface area contributed by atoms with Crippen molar-refractivity contribution >= 4 is 5.97 Å². The molecule has 4 nitrogen and oxygen atoms in total. The van der Waals surface area contributed by atoms with E-state index in [2.05, 4.69) is 4.74 Å². The summed E-state index contributed by atoms with van der Waals surface area (Å²) in [5.74, 6) is -0.147. The van der Waals surface area contributed by atoms with E-state index in [1.807, 2.05) is 6.92 Å². The van der Waals surface area contributed by atoms with Gasteiger partial charge in [0.05, 0.1) is 19.3 Å². The van der Waals surface area contributed by atoms with Gasteiger partial charge in [-0.1, -0.05) is 32.6 Å². The maximum atomic E-state index is 10.8. The highest BCUT2D eigenvalue weighted by atomic mass is 16.5. The van der Waals surface area contributed by atoms with Crippen LogP contribution in [0.15, 0.2) is 0 Å². The first-order valence-corrected chi connectivity index (χ1v) is 6.54. The zero-order valence-electron chi connectivity index (χ0n) is 11.0. The molecule has 0 aliphatic carbocycles. The molecule has 2 unspecified atom stereocenters. The van der Waals surface area contributed by atoms with Crippen molar-refractivity contribution in [2.24, 2.45) is 0 Å². The highest BCUT2D eigenvalue weighted by molar-refractivity contribution is 5.68. The number of esters is 1. The zero-order valence-corrected chi connectivity index (χ0v) is 11.0. The van der Waals surface area contributed by atoms with Gasteiger partial charge in [0.2, 0.25) is 0 Å². The molecule has 0 aromatic carbocycles. The summed E-state index contributed by atoms with van der Waals surface area (Å²) in [5.41, 5.74) is 0. The van der Waals surface area contributed by atoms with Crippen molar-refractivity contribution in [1.82, 2.24) is 0 Å². The maximum Gasteiger partial charge on any atom is 0.305 e. The third-order valence-corrected chi connectivity index (χ3v) is 2.97. The van der Waals surface area contributed by atoms with Crippen molar-refractivity contribution in [2.75, 3.05) is 7.11 Å². The summed E-state index contributed by atoms with van der Waals surface area (Å²) in [4.78, 5) is 10.8. The van der Waals surface area contributed by atoms with E-state index < -0.39 is 12.2 Å². The summed E-state index contributed by atoms with van der Waals surface area (Å²) >= 11 is 0. The quantitative estimate of drug-likeness (QED) is 0.457. The van der Waals surface area contributed by atoms with Crippen LogP contribution in [0.3, 0.4) is 0 Å². The van der Waals surface area contributed by atoms with Gasteiger partial charge in [0, 0.05) is 6.42 Å². The molecule has 0 saturated heterocycles. The van der Waals surface area contributed by atoms with Gasteiger partial charge < -0.3 is 14.9 Å². The molecule has 0 saturated carbocycles. The standard InChI is InChI=1S/C13H26O4/c1-3-11(14)12(15)9-7-5-4-6-8-10-13(16)17-2/h11-12,14-15H,3-10H2,1-2H3. The maximum absolute atomic E-state index is 10.8. The molecule has 0 aliphatic rings. The third kappa shape index (κ3) is 9.12. The lowest BCUT2D eigenvalue weighted by Gasteiger charge is -2.15. The normalized spacial score (nSPS) is 14.4.